The van der Waals surface area contributed by atoms with E-state index in [0.29, 0.717) is 19.7 Å². The molecule has 1 unspecified atom stereocenters. The smallest absolute Gasteiger partial charge is 0.328 e. The molecule has 116 valence electrons. The summed E-state index contributed by atoms with van der Waals surface area (Å²) in [5, 5.41) is 6.55. The van der Waals surface area contributed by atoms with E-state index in [0.717, 1.165) is 4.88 Å². The fourth-order valence-corrected chi connectivity index (χ4v) is 2.87. The van der Waals surface area contributed by atoms with Crippen molar-refractivity contribution in [3.05, 3.63) is 32.3 Å². The van der Waals surface area contributed by atoms with Gasteiger partial charge in [0, 0.05) is 27.8 Å². The number of hydrogen-bond donors (Lipinski definition) is 1. The molecule has 0 aliphatic heterocycles. The summed E-state index contributed by atoms with van der Waals surface area (Å²) in [4.78, 5) is 16.9. The average Bonchev–Trinajstić information content (AvgIpc) is 2.88. The van der Waals surface area contributed by atoms with Gasteiger partial charge in [-0.05, 0) is 30.0 Å². The molecule has 7 heteroatoms. The lowest BCUT2D eigenvalue weighted by molar-refractivity contribution is -0.145. The van der Waals surface area contributed by atoms with Crippen LogP contribution in [0.1, 0.15) is 43.5 Å². The number of nitrogens with zero attached hydrogens (tertiary/aromatic N) is 3. The topological polar surface area (TPSA) is 87.1 Å². The van der Waals surface area contributed by atoms with Gasteiger partial charge in [-0.3, -0.25) is 5.32 Å². The monoisotopic (exact) mass is 310 g/mol. The predicted octanol–water partition coefficient (Wildman–Crippen LogP) is 3.55. The van der Waals surface area contributed by atoms with Crippen LogP contribution in [0.2, 0.25) is 0 Å². The fourth-order valence-electron chi connectivity index (χ4n) is 1.74. The molecule has 0 bridgehead atoms. The lowest BCUT2D eigenvalue weighted by atomic mass is 9.95. The van der Waals surface area contributed by atoms with Gasteiger partial charge in [0.1, 0.15) is 6.04 Å². The van der Waals surface area contributed by atoms with E-state index in [-0.39, 0.29) is 11.4 Å². The maximum atomic E-state index is 12.1. The molecule has 0 spiro atoms. The van der Waals surface area contributed by atoms with Crippen molar-refractivity contribution >= 4 is 17.3 Å². The lowest BCUT2D eigenvalue weighted by Crippen LogP contribution is -2.31. The van der Waals surface area contributed by atoms with Crippen molar-refractivity contribution in [1.29, 1.82) is 0 Å². The first-order valence-electron chi connectivity index (χ1n) is 6.91. The zero-order valence-corrected chi connectivity index (χ0v) is 13.7. The maximum absolute atomic E-state index is 12.1. The third kappa shape index (κ3) is 5.38. The van der Waals surface area contributed by atoms with Gasteiger partial charge in [-0.1, -0.05) is 25.9 Å². The number of thiophene rings is 1. The molecule has 1 aromatic heterocycles. The highest BCUT2D eigenvalue weighted by molar-refractivity contribution is 7.12. The van der Waals surface area contributed by atoms with E-state index < -0.39 is 6.04 Å². The summed E-state index contributed by atoms with van der Waals surface area (Å²) >= 11 is 1.60. The highest BCUT2D eigenvalue weighted by Gasteiger charge is 2.25. The molecule has 0 radical (unpaired) electrons. The van der Waals surface area contributed by atoms with Crippen molar-refractivity contribution in [3.8, 4) is 0 Å². The summed E-state index contributed by atoms with van der Waals surface area (Å²) in [7, 11) is 0. The average molecular weight is 310 g/mol. The molecule has 21 heavy (non-hydrogen) atoms. The van der Waals surface area contributed by atoms with Crippen LogP contribution in [0.3, 0.4) is 0 Å². The molecule has 0 saturated heterocycles. The molecule has 0 fully saturated rings. The number of carbonyl (C=O) groups excluding carboxylic acids is 1. The zero-order valence-electron chi connectivity index (χ0n) is 12.9. The second kappa shape index (κ2) is 8.02. The molecule has 0 aliphatic carbocycles. The Morgan fingerprint density at radius 3 is 2.76 bits per heavy atom. The quantitative estimate of drug-likeness (QED) is 0.275. The zero-order chi connectivity index (χ0) is 15.9. The lowest BCUT2D eigenvalue weighted by Gasteiger charge is -2.17. The Morgan fingerprint density at radius 2 is 2.24 bits per heavy atom. The molecule has 1 heterocycles. The van der Waals surface area contributed by atoms with E-state index in [1.165, 1.54) is 4.88 Å². The number of esters is 1. The Morgan fingerprint density at radius 1 is 1.52 bits per heavy atom. The van der Waals surface area contributed by atoms with Crippen LogP contribution in [0, 0.1) is 0 Å². The van der Waals surface area contributed by atoms with E-state index >= 15 is 0 Å². The maximum Gasteiger partial charge on any atom is 0.328 e. The first-order valence-corrected chi connectivity index (χ1v) is 7.73. The van der Waals surface area contributed by atoms with Gasteiger partial charge in [0.05, 0.1) is 6.61 Å². The number of hydrogen-bond acceptors (Lipinski definition) is 5. The minimum atomic E-state index is -0.514. The van der Waals surface area contributed by atoms with Gasteiger partial charge in [0.25, 0.3) is 0 Å². The molecule has 1 rings (SSSR count). The van der Waals surface area contributed by atoms with Crippen molar-refractivity contribution in [3.63, 3.8) is 0 Å². The molecule has 1 N–H and O–H groups in total. The molecular formula is C14H22N4O2S. The Bertz CT molecular complexity index is 515. The van der Waals surface area contributed by atoms with Crippen LogP contribution in [0.15, 0.2) is 17.2 Å². The molecule has 6 nitrogen and oxygen atoms in total. The second-order valence-electron chi connectivity index (χ2n) is 5.55. The van der Waals surface area contributed by atoms with Gasteiger partial charge in [-0.15, -0.1) is 11.3 Å². The fraction of sp³-hybridized carbons (Fsp3) is 0.643. The molecule has 0 aliphatic rings. The second-order valence-corrected chi connectivity index (χ2v) is 6.66. The number of rotatable bonds is 7. The Labute approximate surface area is 129 Å². The largest absolute Gasteiger partial charge is 0.465 e. The standard InChI is InChI=1S/C14H22N4O2S/c1-5-20-13(19)12(16-8-9-17-18-15)10-6-7-11(21-10)14(2,3)4/h6-7,12,16H,5,8-9H2,1-4H3. The van der Waals surface area contributed by atoms with Crippen molar-refractivity contribution < 1.29 is 9.53 Å². The van der Waals surface area contributed by atoms with E-state index in [1.807, 2.05) is 12.1 Å². The van der Waals surface area contributed by atoms with Gasteiger partial charge in [-0.25, -0.2) is 4.79 Å². The third-order valence-electron chi connectivity index (χ3n) is 2.80. The summed E-state index contributed by atoms with van der Waals surface area (Å²) in [6, 6.07) is 3.48. The van der Waals surface area contributed by atoms with Gasteiger partial charge in [-0.2, -0.15) is 0 Å². The van der Waals surface area contributed by atoms with E-state index in [2.05, 4.69) is 36.1 Å². The summed E-state index contributed by atoms with van der Waals surface area (Å²) in [5.74, 6) is -0.305. The Kier molecular flexibility index (Phi) is 6.68. The van der Waals surface area contributed by atoms with Crippen LogP contribution in [0.4, 0.5) is 0 Å². The number of nitrogens with one attached hydrogen (secondary N) is 1. The van der Waals surface area contributed by atoms with Crippen molar-refractivity contribution in [2.45, 2.75) is 39.2 Å². The summed E-state index contributed by atoms with van der Waals surface area (Å²) in [5.41, 5.74) is 8.32. The van der Waals surface area contributed by atoms with Crippen LogP contribution in [-0.2, 0) is 14.9 Å². The molecule has 0 saturated carbocycles. The first-order chi connectivity index (χ1) is 9.90. The number of ether oxygens (including phenoxy) is 1. The summed E-state index contributed by atoms with van der Waals surface area (Å²) in [6.07, 6.45) is 0. The molecule has 1 atom stereocenters. The van der Waals surface area contributed by atoms with E-state index in [1.54, 1.807) is 18.3 Å². The first kappa shape index (κ1) is 17.5. The normalized spacial score (nSPS) is 12.6. The third-order valence-corrected chi connectivity index (χ3v) is 4.37. The van der Waals surface area contributed by atoms with Crippen LogP contribution < -0.4 is 5.32 Å². The highest BCUT2D eigenvalue weighted by Crippen LogP contribution is 2.32. The van der Waals surface area contributed by atoms with Gasteiger partial charge < -0.3 is 4.74 Å². The SMILES string of the molecule is CCOC(=O)C(NCCN=[N+]=[N-])c1ccc(C(C)(C)C)s1. The van der Waals surface area contributed by atoms with Crippen molar-refractivity contribution in [2.75, 3.05) is 19.7 Å². The number of carbonyl (C=O) groups is 1. The summed E-state index contributed by atoms with van der Waals surface area (Å²) < 4.78 is 5.11. The van der Waals surface area contributed by atoms with Gasteiger partial charge in [0.15, 0.2) is 0 Å². The number of azide groups is 1. The van der Waals surface area contributed by atoms with Crippen LogP contribution in [0.5, 0.6) is 0 Å². The summed E-state index contributed by atoms with van der Waals surface area (Å²) in [6.45, 7) is 9.25. The molecule has 1 aromatic rings. The minimum Gasteiger partial charge on any atom is -0.465 e. The Balaban J connectivity index is 2.87. The predicted molar refractivity (Wildman–Crippen MR) is 84.4 cm³/mol. The molecule has 0 aromatic carbocycles. The van der Waals surface area contributed by atoms with Crippen molar-refractivity contribution in [1.82, 2.24) is 5.32 Å². The van der Waals surface area contributed by atoms with Gasteiger partial charge in [0.2, 0.25) is 0 Å². The molecule has 0 amide bonds. The molecular weight excluding hydrogens is 288 g/mol. The van der Waals surface area contributed by atoms with E-state index in [4.69, 9.17) is 10.3 Å². The van der Waals surface area contributed by atoms with Crippen LogP contribution >= 0.6 is 11.3 Å². The Hall–Kier alpha value is -1.56. The van der Waals surface area contributed by atoms with Crippen LogP contribution in [-0.4, -0.2) is 25.7 Å². The van der Waals surface area contributed by atoms with Gasteiger partial charge >= 0.3 is 5.97 Å². The van der Waals surface area contributed by atoms with E-state index in [9.17, 15) is 4.79 Å². The highest BCUT2D eigenvalue weighted by atomic mass is 32.1. The minimum absolute atomic E-state index is 0.0488. The van der Waals surface area contributed by atoms with Crippen molar-refractivity contribution in [2.24, 2.45) is 5.11 Å². The van der Waals surface area contributed by atoms with Crippen LogP contribution in [0.25, 0.3) is 10.4 Å².